The van der Waals surface area contributed by atoms with Crippen LogP contribution in [-0.2, 0) is 0 Å². The van der Waals surface area contributed by atoms with Crippen molar-refractivity contribution in [2.45, 2.75) is 113 Å². The minimum Gasteiger partial charge on any atom is -0.0988 e. The van der Waals surface area contributed by atoms with Gasteiger partial charge in [-0.15, -0.1) is 0 Å². The molecule has 0 nitrogen and oxygen atoms in total. The van der Waals surface area contributed by atoms with Crippen molar-refractivity contribution in [2.24, 2.45) is 0 Å². The summed E-state index contributed by atoms with van der Waals surface area (Å²) in [5.41, 5.74) is 8.77. The van der Waals surface area contributed by atoms with E-state index in [0.717, 1.165) is 32.1 Å². The Labute approximate surface area is 195 Å². The van der Waals surface area contributed by atoms with Gasteiger partial charge in [0.15, 0.2) is 0 Å². The average Bonchev–Trinajstić information content (AvgIpc) is 2.70. The zero-order valence-electron chi connectivity index (χ0n) is 21.8. The van der Waals surface area contributed by atoms with Crippen LogP contribution in [0.1, 0.15) is 113 Å². The van der Waals surface area contributed by atoms with E-state index in [1.165, 1.54) is 65.5 Å². The SMILES string of the molecule is C=C/C(C)=C\CC/C(C)=C/CCC(C)=CCC/C=C(\C)CCC=C(C)CCC=C(C)C. The summed E-state index contributed by atoms with van der Waals surface area (Å²) >= 11 is 0. The standard InChI is InChI=1S/C31H50/c1-9-27(4)19-13-21-31(8)25-15-23-29(6)18-11-10-17-28(5)22-14-24-30(7)20-12-16-26(2)3/h9,16-19,24-25H,1,10-15,20-23H2,2-8H3/b27-19-,28-17+,29-18?,30-24?,31-25+. The molecule has 0 saturated heterocycles. The summed E-state index contributed by atoms with van der Waals surface area (Å²) < 4.78 is 0. The van der Waals surface area contributed by atoms with E-state index in [0.29, 0.717) is 0 Å². The van der Waals surface area contributed by atoms with Gasteiger partial charge in [-0.2, -0.15) is 0 Å². The molecule has 0 N–H and O–H groups in total. The number of allylic oxidation sites excluding steroid dienone is 13. The van der Waals surface area contributed by atoms with Gasteiger partial charge in [0.2, 0.25) is 0 Å². The van der Waals surface area contributed by atoms with Gasteiger partial charge in [-0.1, -0.05) is 82.5 Å². The molecule has 0 rings (SSSR count). The van der Waals surface area contributed by atoms with Crippen LogP contribution in [0, 0.1) is 0 Å². The minimum absolute atomic E-state index is 1.12. The van der Waals surface area contributed by atoms with Crippen LogP contribution in [0.15, 0.2) is 82.5 Å². The molecule has 0 amide bonds. The van der Waals surface area contributed by atoms with Gasteiger partial charge in [0, 0.05) is 0 Å². The third kappa shape index (κ3) is 19.9. The van der Waals surface area contributed by atoms with E-state index in [1.807, 2.05) is 6.08 Å². The van der Waals surface area contributed by atoms with E-state index < -0.39 is 0 Å². The highest BCUT2D eigenvalue weighted by atomic mass is 14.0. The molecule has 0 spiro atoms. The van der Waals surface area contributed by atoms with Crippen LogP contribution in [0.4, 0.5) is 0 Å². The van der Waals surface area contributed by atoms with Crippen LogP contribution in [0.25, 0.3) is 0 Å². The molecule has 0 atom stereocenters. The van der Waals surface area contributed by atoms with E-state index >= 15 is 0 Å². The van der Waals surface area contributed by atoms with Gasteiger partial charge < -0.3 is 0 Å². The monoisotopic (exact) mass is 422 g/mol. The van der Waals surface area contributed by atoms with Crippen LogP contribution >= 0.6 is 0 Å². The average molecular weight is 423 g/mol. The third-order valence-electron chi connectivity index (χ3n) is 5.63. The second-order valence-corrected chi connectivity index (χ2v) is 9.37. The summed E-state index contributed by atoms with van der Waals surface area (Å²) in [4.78, 5) is 0. The molecule has 0 heterocycles. The summed E-state index contributed by atoms with van der Waals surface area (Å²) in [6.07, 6.45) is 27.9. The molecule has 0 heteroatoms. The van der Waals surface area contributed by atoms with Crippen molar-refractivity contribution in [3.8, 4) is 0 Å². The van der Waals surface area contributed by atoms with Crippen molar-refractivity contribution in [3.05, 3.63) is 82.5 Å². The van der Waals surface area contributed by atoms with Crippen LogP contribution in [0.2, 0.25) is 0 Å². The molecule has 0 aliphatic heterocycles. The second kappa shape index (κ2) is 18.9. The Morgan fingerprint density at radius 2 is 0.774 bits per heavy atom. The molecular weight excluding hydrogens is 372 g/mol. The molecule has 0 aromatic heterocycles. The molecule has 0 radical (unpaired) electrons. The highest BCUT2D eigenvalue weighted by Crippen LogP contribution is 2.14. The lowest BCUT2D eigenvalue weighted by molar-refractivity contribution is 0.896. The first-order valence-electron chi connectivity index (χ1n) is 12.3. The summed E-state index contributed by atoms with van der Waals surface area (Å²) in [6.45, 7) is 19.3. The smallest absolute Gasteiger partial charge is 0.0288 e. The number of rotatable bonds is 16. The summed E-state index contributed by atoms with van der Waals surface area (Å²) in [7, 11) is 0. The Bertz CT molecular complexity index is 682. The maximum Gasteiger partial charge on any atom is -0.0288 e. The van der Waals surface area contributed by atoms with E-state index in [4.69, 9.17) is 0 Å². The van der Waals surface area contributed by atoms with E-state index in [-0.39, 0.29) is 0 Å². The Balaban J connectivity index is 4.08. The predicted molar refractivity (Wildman–Crippen MR) is 145 cm³/mol. The van der Waals surface area contributed by atoms with Crippen LogP contribution in [0.3, 0.4) is 0 Å². The van der Waals surface area contributed by atoms with Gasteiger partial charge in [-0.05, 0) is 113 Å². The fourth-order valence-corrected chi connectivity index (χ4v) is 3.36. The molecule has 0 aliphatic carbocycles. The van der Waals surface area contributed by atoms with Crippen molar-refractivity contribution >= 4 is 0 Å². The molecule has 0 fully saturated rings. The molecule has 0 aromatic rings. The van der Waals surface area contributed by atoms with Crippen molar-refractivity contribution in [1.82, 2.24) is 0 Å². The molecule has 31 heavy (non-hydrogen) atoms. The van der Waals surface area contributed by atoms with Gasteiger partial charge in [0.1, 0.15) is 0 Å². The van der Waals surface area contributed by atoms with E-state index in [9.17, 15) is 0 Å². The Morgan fingerprint density at radius 1 is 0.452 bits per heavy atom. The lowest BCUT2D eigenvalue weighted by Gasteiger charge is -2.02. The summed E-state index contributed by atoms with van der Waals surface area (Å²) in [6, 6.07) is 0. The lowest BCUT2D eigenvalue weighted by Crippen LogP contribution is -1.82. The molecule has 0 aliphatic rings. The van der Waals surface area contributed by atoms with E-state index in [2.05, 4.69) is 91.5 Å². The van der Waals surface area contributed by atoms with Crippen molar-refractivity contribution in [2.75, 3.05) is 0 Å². The topological polar surface area (TPSA) is 0 Å². The fraction of sp³-hybridized carbons (Fsp3) is 0.548. The van der Waals surface area contributed by atoms with Crippen molar-refractivity contribution in [1.29, 1.82) is 0 Å². The molecule has 0 unspecified atom stereocenters. The Morgan fingerprint density at radius 3 is 1.13 bits per heavy atom. The second-order valence-electron chi connectivity index (χ2n) is 9.37. The maximum atomic E-state index is 3.80. The number of hydrogen-bond donors (Lipinski definition) is 0. The largest absolute Gasteiger partial charge is 0.0988 e. The first-order chi connectivity index (χ1) is 14.7. The van der Waals surface area contributed by atoms with Gasteiger partial charge >= 0.3 is 0 Å². The minimum atomic E-state index is 1.12. The first-order valence-corrected chi connectivity index (χ1v) is 12.3. The Hall–Kier alpha value is -1.82. The zero-order chi connectivity index (χ0) is 23.5. The van der Waals surface area contributed by atoms with Crippen molar-refractivity contribution < 1.29 is 0 Å². The lowest BCUT2D eigenvalue weighted by atomic mass is 10.0. The highest BCUT2D eigenvalue weighted by molar-refractivity contribution is 5.13. The molecule has 0 bridgehead atoms. The molecule has 0 aromatic carbocycles. The van der Waals surface area contributed by atoms with Crippen molar-refractivity contribution in [3.63, 3.8) is 0 Å². The Kier molecular flexibility index (Phi) is 17.8. The fourth-order valence-electron chi connectivity index (χ4n) is 3.36. The summed E-state index contributed by atoms with van der Waals surface area (Å²) in [5.74, 6) is 0. The normalized spacial score (nSPS) is 14.1. The molecular formula is C31H50. The van der Waals surface area contributed by atoms with Gasteiger partial charge in [0.25, 0.3) is 0 Å². The predicted octanol–water partition coefficient (Wildman–Crippen LogP) is 10.8. The quantitative estimate of drug-likeness (QED) is 0.132. The molecule has 174 valence electrons. The van der Waals surface area contributed by atoms with Crippen LogP contribution < -0.4 is 0 Å². The van der Waals surface area contributed by atoms with Gasteiger partial charge in [-0.25, -0.2) is 0 Å². The van der Waals surface area contributed by atoms with Gasteiger partial charge in [0.05, 0.1) is 0 Å². The highest BCUT2D eigenvalue weighted by Gasteiger charge is 1.94. The summed E-state index contributed by atoms with van der Waals surface area (Å²) in [5, 5.41) is 0. The number of unbranched alkanes of at least 4 members (excludes halogenated alkanes) is 1. The zero-order valence-corrected chi connectivity index (χ0v) is 21.8. The van der Waals surface area contributed by atoms with Crippen LogP contribution in [0.5, 0.6) is 0 Å². The van der Waals surface area contributed by atoms with Gasteiger partial charge in [-0.3, -0.25) is 0 Å². The molecule has 0 saturated carbocycles. The third-order valence-corrected chi connectivity index (χ3v) is 5.63. The van der Waals surface area contributed by atoms with Crippen LogP contribution in [-0.4, -0.2) is 0 Å². The first kappa shape index (κ1) is 29.2. The number of hydrogen-bond acceptors (Lipinski definition) is 0. The van der Waals surface area contributed by atoms with E-state index in [1.54, 1.807) is 0 Å². The maximum absolute atomic E-state index is 3.80.